The van der Waals surface area contributed by atoms with E-state index in [4.69, 9.17) is 16.3 Å². The summed E-state index contributed by atoms with van der Waals surface area (Å²) in [6.07, 6.45) is 0.379. The van der Waals surface area contributed by atoms with Gasteiger partial charge >= 0.3 is 0 Å². The fraction of sp³-hybridized carbons (Fsp3) is 0.435. The minimum Gasteiger partial charge on any atom is -0.496 e. The second-order valence-corrected chi connectivity index (χ2v) is 9.60. The molecule has 1 aromatic carbocycles. The van der Waals surface area contributed by atoms with Crippen LogP contribution in [-0.4, -0.2) is 71.0 Å². The van der Waals surface area contributed by atoms with Gasteiger partial charge in [-0.25, -0.2) is 4.39 Å². The number of halogens is 2. The zero-order valence-corrected chi connectivity index (χ0v) is 19.9. The van der Waals surface area contributed by atoms with Gasteiger partial charge in [0.15, 0.2) is 0 Å². The predicted molar refractivity (Wildman–Crippen MR) is 126 cm³/mol. The molecular formula is C23H25ClFN3O4S. The molecule has 1 saturated heterocycles. The number of methoxy groups -OCH3 is 1. The quantitative estimate of drug-likeness (QED) is 0.654. The molecule has 2 aliphatic heterocycles. The maximum absolute atomic E-state index is 13.4. The van der Waals surface area contributed by atoms with E-state index in [2.05, 4.69) is 0 Å². The predicted octanol–water partition coefficient (Wildman–Crippen LogP) is 2.47. The van der Waals surface area contributed by atoms with E-state index in [1.165, 1.54) is 31.4 Å². The lowest BCUT2D eigenvalue weighted by Crippen LogP contribution is -2.39. The van der Waals surface area contributed by atoms with Gasteiger partial charge in [0.2, 0.25) is 5.91 Å². The fourth-order valence-electron chi connectivity index (χ4n) is 4.25. The summed E-state index contributed by atoms with van der Waals surface area (Å²) in [7, 11) is 1.45. The van der Waals surface area contributed by atoms with E-state index in [0.29, 0.717) is 49.4 Å². The Kier molecular flexibility index (Phi) is 7.29. The molecule has 1 aromatic heterocycles. The highest BCUT2D eigenvalue weighted by Gasteiger charge is 2.30. The fourth-order valence-corrected chi connectivity index (χ4v) is 5.39. The average molecular weight is 494 g/mol. The third kappa shape index (κ3) is 5.04. The van der Waals surface area contributed by atoms with Gasteiger partial charge in [-0.1, -0.05) is 17.7 Å². The Morgan fingerprint density at radius 3 is 2.55 bits per heavy atom. The van der Waals surface area contributed by atoms with Gasteiger partial charge in [0.25, 0.3) is 11.5 Å². The van der Waals surface area contributed by atoms with Crippen LogP contribution < -0.4 is 10.3 Å². The van der Waals surface area contributed by atoms with Crippen molar-refractivity contribution < 1.29 is 18.7 Å². The van der Waals surface area contributed by atoms with Gasteiger partial charge in [-0.15, -0.1) is 0 Å². The molecule has 10 heteroatoms. The van der Waals surface area contributed by atoms with Crippen LogP contribution in [-0.2, 0) is 24.2 Å². The lowest BCUT2D eigenvalue weighted by Gasteiger charge is -2.28. The number of ether oxygens (including phenoxy) is 1. The Labute approximate surface area is 200 Å². The lowest BCUT2D eigenvalue weighted by atomic mass is 10.1. The molecule has 0 saturated carbocycles. The smallest absolute Gasteiger partial charge is 0.259 e. The summed E-state index contributed by atoms with van der Waals surface area (Å²) in [5.74, 6) is 1.24. The first-order chi connectivity index (χ1) is 15.9. The highest BCUT2D eigenvalue weighted by Crippen LogP contribution is 2.26. The number of fused-ring (bicyclic) bond motifs is 1. The summed E-state index contributed by atoms with van der Waals surface area (Å²) >= 11 is 7.89. The summed E-state index contributed by atoms with van der Waals surface area (Å²) < 4.78 is 20.3. The van der Waals surface area contributed by atoms with E-state index in [9.17, 15) is 18.8 Å². The van der Waals surface area contributed by atoms with Gasteiger partial charge in [-0.2, -0.15) is 11.8 Å². The molecule has 0 spiro atoms. The average Bonchev–Trinajstić information content (AvgIpc) is 3.04. The van der Waals surface area contributed by atoms with Crippen LogP contribution in [0.2, 0.25) is 5.02 Å². The molecule has 3 heterocycles. The van der Waals surface area contributed by atoms with E-state index >= 15 is 0 Å². The number of rotatable bonds is 4. The third-order valence-electron chi connectivity index (χ3n) is 6.04. The molecule has 1 fully saturated rings. The Bertz CT molecular complexity index is 1130. The van der Waals surface area contributed by atoms with E-state index in [1.54, 1.807) is 26.1 Å². The number of amides is 2. The molecule has 2 aliphatic rings. The van der Waals surface area contributed by atoms with Crippen LogP contribution in [0.1, 0.15) is 21.6 Å². The van der Waals surface area contributed by atoms with Crippen molar-refractivity contribution in [3.63, 3.8) is 0 Å². The molecule has 0 aliphatic carbocycles. The summed E-state index contributed by atoms with van der Waals surface area (Å²) in [6.45, 7) is 2.24. The van der Waals surface area contributed by atoms with Crippen LogP contribution in [0.15, 0.2) is 29.1 Å². The summed E-state index contributed by atoms with van der Waals surface area (Å²) in [5, 5.41) is 0.204. The number of hydrogen-bond acceptors (Lipinski definition) is 5. The van der Waals surface area contributed by atoms with Crippen LogP contribution in [0.3, 0.4) is 0 Å². The number of hydrogen-bond donors (Lipinski definition) is 0. The molecule has 0 bridgehead atoms. The van der Waals surface area contributed by atoms with Gasteiger partial charge < -0.3 is 19.1 Å². The molecule has 2 amide bonds. The minimum absolute atomic E-state index is 0.0326. The van der Waals surface area contributed by atoms with Crippen molar-refractivity contribution in [2.75, 3.05) is 44.8 Å². The normalized spacial score (nSPS) is 16.2. The SMILES string of the molecule is COc1cc(=O)n2c(c1C(=O)N1CCSCC1)CCN(C(=O)Cc1ccc(F)cc1Cl)CC2. The number of aromatic nitrogens is 1. The number of carbonyl (C=O) groups excluding carboxylic acids is 2. The number of nitrogens with zero attached hydrogens (tertiary/aromatic N) is 3. The maximum Gasteiger partial charge on any atom is 0.259 e. The van der Waals surface area contributed by atoms with Gasteiger partial charge in [0.1, 0.15) is 17.1 Å². The van der Waals surface area contributed by atoms with Gasteiger partial charge in [0.05, 0.1) is 13.5 Å². The molecule has 7 nitrogen and oxygen atoms in total. The van der Waals surface area contributed by atoms with E-state index in [-0.39, 0.29) is 41.1 Å². The first-order valence-corrected chi connectivity index (χ1v) is 12.3. The number of thioether (sulfide) groups is 1. The molecular weight excluding hydrogens is 469 g/mol. The van der Waals surface area contributed by atoms with Crippen molar-refractivity contribution in [3.8, 4) is 5.75 Å². The van der Waals surface area contributed by atoms with E-state index in [0.717, 1.165) is 11.5 Å². The Morgan fingerprint density at radius 2 is 1.85 bits per heavy atom. The molecule has 0 N–H and O–H groups in total. The number of pyridine rings is 1. The zero-order valence-electron chi connectivity index (χ0n) is 18.3. The van der Waals surface area contributed by atoms with Gasteiger partial charge in [0, 0.05) is 67.4 Å². The first-order valence-electron chi connectivity index (χ1n) is 10.8. The molecule has 4 rings (SSSR count). The third-order valence-corrected chi connectivity index (χ3v) is 7.33. The van der Waals surface area contributed by atoms with Gasteiger partial charge in [-0.05, 0) is 17.7 Å². The number of carbonyl (C=O) groups is 2. The Balaban J connectivity index is 1.59. The monoisotopic (exact) mass is 493 g/mol. The van der Waals surface area contributed by atoms with Crippen molar-refractivity contribution in [2.24, 2.45) is 0 Å². The second kappa shape index (κ2) is 10.2. The molecule has 0 radical (unpaired) electrons. The van der Waals surface area contributed by atoms with Gasteiger partial charge in [-0.3, -0.25) is 14.4 Å². The molecule has 176 valence electrons. The van der Waals surface area contributed by atoms with Crippen molar-refractivity contribution in [1.29, 1.82) is 0 Å². The Hall–Kier alpha value is -2.52. The summed E-state index contributed by atoms with van der Waals surface area (Å²) in [5.41, 5.74) is 1.28. The van der Waals surface area contributed by atoms with Crippen molar-refractivity contribution >= 4 is 35.2 Å². The van der Waals surface area contributed by atoms with E-state index < -0.39 is 5.82 Å². The van der Waals surface area contributed by atoms with Crippen molar-refractivity contribution in [3.05, 3.63) is 62.3 Å². The summed E-state index contributed by atoms with van der Waals surface area (Å²) in [4.78, 5) is 42.6. The Morgan fingerprint density at radius 1 is 1.09 bits per heavy atom. The van der Waals surface area contributed by atoms with Crippen LogP contribution in [0.25, 0.3) is 0 Å². The zero-order chi connectivity index (χ0) is 23.5. The molecule has 0 atom stereocenters. The highest BCUT2D eigenvalue weighted by molar-refractivity contribution is 7.99. The van der Waals surface area contributed by atoms with Crippen LogP contribution in [0, 0.1) is 5.82 Å². The molecule has 0 unspecified atom stereocenters. The van der Waals surface area contributed by atoms with Crippen LogP contribution >= 0.6 is 23.4 Å². The topological polar surface area (TPSA) is 71.8 Å². The maximum atomic E-state index is 13.4. The molecule has 2 aromatic rings. The highest BCUT2D eigenvalue weighted by atomic mass is 35.5. The van der Waals surface area contributed by atoms with Crippen molar-refractivity contribution in [1.82, 2.24) is 14.4 Å². The van der Waals surface area contributed by atoms with Crippen molar-refractivity contribution in [2.45, 2.75) is 19.4 Å². The second-order valence-electron chi connectivity index (χ2n) is 7.97. The van der Waals surface area contributed by atoms with Crippen LogP contribution in [0.4, 0.5) is 4.39 Å². The number of benzene rings is 1. The largest absolute Gasteiger partial charge is 0.496 e. The van der Waals surface area contributed by atoms with Crippen LogP contribution in [0.5, 0.6) is 5.75 Å². The lowest BCUT2D eigenvalue weighted by molar-refractivity contribution is -0.130. The minimum atomic E-state index is -0.459. The van der Waals surface area contributed by atoms with E-state index in [1.807, 2.05) is 0 Å². The standard InChI is InChI=1S/C23H25ClFN3O4S/c1-32-19-14-21(30)28-7-6-26(20(29)12-15-2-3-16(25)13-17(15)24)5-4-18(28)22(19)23(31)27-8-10-33-11-9-27/h2-3,13-14H,4-12H2,1H3. The first kappa shape index (κ1) is 23.6. The summed E-state index contributed by atoms with van der Waals surface area (Å²) in [6, 6.07) is 5.32. The molecule has 33 heavy (non-hydrogen) atoms.